The molecular weight excluding hydrogens is 290 g/mol. The highest BCUT2D eigenvalue weighted by Gasteiger charge is 2.42. The van der Waals surface area contributed by atoms with Crippen LogP contribution in [0.25, 0.3) is 0 Å². The van der Waals surface area contributed by atoms with Gasteiger partial charge in [-0.1, -0.05) is 91.0 Å². The van der Waals surface area contributed by atoms with Crippen molar-refractivity contribution in [2.24, 2.45) is 0 Å². The van der Waals surface area contributed by atoms with Crippen LogP contribution in [0.2, 0.25) is 0 Å². The minimum absolute atomic E-state index is 0.646. The fourth-order valence-electron chi connectivity index (χ4n) is 3.57. The first-order chi connectivity index (χ1) is 11.9. The molecule has 1 aliphatic rings. The van der Waals surface area contributed by atoms with E-state index >= 15 is 0 Å². The van der Waals surface area contributed by atoms with E-state index in [1.165, 1.54) is 23.1 Å². The first-order valence-corrected chi connectivity index (χ1v) is 8.77. The third kappa shape index (κ3) is 3.58. The summed E-state index contributed by atoms with van der Waals surface area (Å²) < 4.78 is 0. The maximum atomic E-state index is 2.64. The molecule has 0 unspecified atom stereocenters. The van der Waals surface area contributed by atoms with E-state index in [2.05, 4.69) is 95.9 Å². The molecule has 1 aliphatic carbocycles. The Hall–Kier alpha value is -2.38. The highest BCUT2D eigenvalue weighted by Crippen LogP contribution is 2.45. The van der Waals surface area contributed by atoms with E-state index in [1.807, 2.05) is 0 Å². The lowest BCUT2D eigenvalue weighted by Crippen LogP contribution is -2.26. The summed E-state index contributed by atoms with van der Waals surface area (Å²) in [5.41, 5.74) is 4.27. The molecule has 120 valence electrons. The Balaban J connectivity index is 1.52. The van der Waals surface area contributed by atoms with Crippen LogP contribution in [0.15, 0.2) is 91.0 Å². The van der Waals surface area contributed by atoms with E-state index in [-0.39, 0.29) is 0 Å². The molecule has 24 heavy (non-hydrogen) atoms. The maximum absolute atomic E-state index is 2.64. The number of nitrogens with zero attached hydrogens (tertiary/aromatic N) is 1. The standard InChI is InChI=1S/C23H23N/c1-4-10-19(11-5-1)17-24(18-20-12-6-2-7-13-20)23-16-22(23)21-14-8-3-9-15-21/h1-15,22-23H,16-18H2/t22-,23+/m0/s1. The van der Waals surface area contributed by atoms with Crippen LogP contribution < -0.4 is 0 Å². The van der Waals surface area contributed by atoms with Crippen molar-refractivity contribution in [1.82, 2.24) is 4.90 Å². The van der Waals surface area contributed by atoms with Gasteiger partial charge in [-0.3, -0.25) is 4.90 Å². The van der Waals surface area contributed by atoms with Crippen LogP contribution in [0.4, 0.5) is 0 Å². The summed E-state index contributed by atoms with van der Waals surface area (Å²) in [6, 6.07) is 33.3. The fourth-order valence-corrected chi connectivity index (χ4v) is 3.57. The van der Waals surface area contributed by atoms with Crippen molar-refractivity contribution in [3.63, 3.8) is 0 Å². The first-order valence-electron chi connectivity index (χ1n) is 8.77. The number of benzene rings is 3. The highest BCUT2D eigenvalue weighted by atomic mass is 15.2. The van der Waals surface area contributed by atoms with Gasteiger partial charge in [-0.15, -0.1) is 0 Å². The van der Waals surface area contributed by atoms with E-state index in [4.69, 9.17) is 0 Å². The Labute approximate surface area is 144 Å². The van der Waals surface area contributed by atoms with Gasteiger partial charge in [0.2, 0.25) is 0 Å². The van der Waals surface area contributed by atoms with Crippen LogP contribution in [-0.4, -0.2) is 10.9 Å². The van der Waals surface area contributed by atoms with Crippen molar-refractivity contribution in [2.75, 3.05) is 0 Å². The van der Waals surface area contributed by atoms with Crippen LogP contribution in [0, 0.1) is 0 Å². The molecule has 0 radical (unpaired) electrons. The second kappa shape index (κ2) is 7.02. The van der Waals surface area contributed by atoms with Gasteiger partial charge in [-0.05, 0) is 23.1 Å². The largest absolute Gasteiger partial charge is 0.291 e. The van der Waals surface area contributed by atoms with Gasteiger partial charge in [0.15, 0.2) is 0 Å². The molecule has 3 aromatic carbocycles. The topological polar surface area (TPSA) is 3.24 Å². The van der Waals surface area contributed by atoms with Gasteiger partial charge in [0.25, 0.3) is 0 Å². The third-order valence-electron chi connectivity index (χ3n) is 4.91. The summed E-state index contributed by atoms with van der Waals surface area (Å²) >= 11 is 0. The fraction of sp³-hybridized carbons (Fsp3) is 0.217. The van der Waals surface area contributed by atoms with Crippen molar-refractivity contribution in [1.29, 1.82) is 0 Å². The van der Waals surface area contributed by atoms with Crippen LogP contribution in [-0.2, 0) is 13.1 Å². The van der Waals surface area contributed by atoms with Gasteiger partial charge in [0.1, 0.15) is 0 Å². The molecule has 1 heteroatoms. The minimum atomic E-state index is 0.646. The van der Waals surface area contributed by atoms with E-state index in [0.29, 0.717) is 12.0 Å². The van der Waals surface area contributed by atoms with Crippen LogP contribution in [0.3, 0.4) is 0 Å². The van der Waals surface area contributed by atoms with Gasteiger partial charge in [-0.25, -0.2) is 0 Å². The van der Waals surface area contributed by atoms with E-state index in [1.54, 1.807) is 0 Å². The summed E-state index contributed by atoms with van der Waals surface area (Å²) in [5.74, 6) is 0.679. The lowest BCUT2D eigenvalue weighted by molar-refractivity contribution is 0.241. The number of hydrogen-bond donors (Lipinski definition) is 0. The van der Waals surface area contributed by atoms with Gasteiger partial charge in [-0.2, -0.15) is 0 Å². The van der Waals surface area contributed by atoms with Gasteiger partial charge >= 0.3 is 0 Å². The van der Waals surface area contributed by atoms with E-state index in [9.17, 15) is 0 Å². The molecule has 3 aromatic rings. The average Bonchev–Trinajstić information content (AvgIpc) is 3.45. The molecular formula is C23H23N. The molecule has 0 bridgehead atoms. The normalized spacial score (nSPS) is 19.4. The SMILES string of the molecule is c1ccc(CN(Cc2ccccc2)[C@@H]2C[C@H]2c2ccccc2)cc1. The van der Waals surface area contributed by atoms with Crippen LogP contribution in [0.5, 0.6) is 0 Å². The highest BCUT2D eigenvalue weighted by molar-refractivity contribution is 5.29. The predicted octanol–water partition coefficient (Wildman–Crippen LogP) is 5.24. The van der Waals surface area contributed by atoms with Crippen molar-refractivity contribution < 1.29 is 0 Å². The second-order valence-corrected chi connectivity index (χ2v) is 6.70. The average molecular weight is 313 g/mol. The molecule has 0 heterocycles. The zero-order valence-electron chi connectivity index (χ0n) is 13.9. The quantitative estimate of drug-likeness (QED) is 0.601. The Bertz CT molecular complexity index is 710. The summed E-state index contributed by atoms with van der Waals surface area (Å²) in [6.45, 7) is 2.04. The van der Waals surface area contributed by atoms with Gasteiger partial charge in [0, 0.05) is 25.0 Å². The molecule has 0 N–H and O–H groups in total. The van der Waals surface area contributed by atoms with Gasteiger partial charge < -0.3 is 0 Å². The first kappa shape index (κ1) is 15.2. The monoisotopic (exact) mass is 313 g/mol. The lowest BCUT2D eigenvalue weighted by Gasteiger charge is -2.23. The molecule has 1 nitrogen and oxygen atoms in total. The summed E-state index contributed by atoms with van der Waals surface area (Å²) in [6.07, 6.45) is 1.27. The maximum Gasteiger partial charge on any atom is 0.0240 e. The van der Waals surface area contributed by atoms with E-state index in [0.717, 1.165) is 13.1 Å². The molecule has 2 atom stereocenters. The lowest BCUT2D eigenvalue weighted by atomic mass is 10.1. The second-order valence-electron chi connectivity index (χ2n) is 6.70. The Morgan fingerprint density at radius 1 is 0.625 bits per heavy atom. The molecule has 0 amide bonds. The van der Waals surface area contributed by atoms with Gasteiger partial charge in [0.05, 0.1) is 0 Å². The minimum Gasteiger partial charge on any atom is -0.291 e. The van der Waals surface area contributed by atoms with Crippen molar-refractivity contribution in [2.45, 2.75) is 31.5 Å². The third-order valence-corrected chi connectivity index (χ3v) is 4.91. The summed E-state index contributed by atoms with van der Waals surface area (Å²) in [4.78, 5) is 2.64. The molecule has 1 fully saturated rings. The van der Waals surface area contributed by atoms with Crippen molar-refractivity contribution in [3.8, 4) is 0 Å². The number of rotatable bonds is 6. The smallest absolute Gasteiger partial charge is 0.0240 e. The Morgan fingerprint density at radius 2 is 1.08 bits per heavy atom. The molecule has 1 saturated carbocycles. The predicted molar refractivity (Wildman–Crippen MR) is 99.7 cm³/mol. The zero-order valence-corrected chi connectivity index (χ0v) is 13.9. The molecule has 4 rings (SSSR count). The Kier molecular flexibility index (Phi) is 4.44. The molecule has 0 saturated heterocycles. The Morgan fingerprint density at radius 3 is 1.58 bits per heavy atom. The summed E-state index contributed by atoms with van der Waals surface area (Å²) in [7, 11) is 0. The molecule has 0 aromatic heterocycles. The van der Waals surface area contributed by atoms with Crippen LogP contribution >= 0.6 is 0 Å². The van der Waals surface area contributed by atoms with E-state index < -0.39 is 0 Å². The van der Waals surface area contributed by atoms with Crippen molar-refractivity contribution in [3.05, 3.63) is 108 Å². The summed E-state index contributed by atoms with van der Waals surface area (Å²) in [5, 5.41) is 0. The van der Waals surface area contributed by atoms with Crippen LogP contribution in [0.1, 0.15) is 29.0 Å². The number of hydrogen-bond acceptors (Lipinski definition) is 1. The van der Waals surface area contributed by atoms with Crippen molar-refractivity contribution >= 4 is 0 Å². The zero-order chi connectivity index (χ0) is 16.2. The molecule has 0 spiro atoms. The molecule has 0 aliphatic heterocycles.